The number of aliphatic hydroxyl groups excluding tert-OH is 2. The number of rotatable bonds is 12. The van der Waals surface area contributed by atoms with E-state index in [1.165, 1.54) is 0 Å². The van der Waals surface area contributed by atoms with Crippen LogP contribution in [0.3, 0.4) is 0 Å². The number of aromatic nitrogens is 2. The molecule has 2 aromatic heterocycles. The van der Waals surface area contributed by atoms with Gasteiger partial charge in [-0.3, -0.25) is 19.4 Å². The van der Waals surface area contributed by atoms with Crippen molar-refractivity contribution in [2.45, 2.75) is 79.4 Å². The summed E-state index contributed by atoms with van der Waals surface area (Å²) < 4.78 is 0. The van der Waals surface area contributed by atoms with E-state index in [9.17, 15) is 34.8 Å². The monoisotopic (exact) mass is 606 g/mol. The molecular weight excluding hydrogens is 564 g/mol. The predicted molar refractivity (Wildman–Crippen MR) is 167 cm³/mol. The summed E-state index contributed by atoms with van der Waals surface area (Å²) in [5.41, 5.74) is 7.68. The van der Waals surface area contributed by atoms with Crippen molar-refractivity contribution in [3.05, 3.63) is 61.2 Å². The Balaban J connectivity index is 1.89. The first-order valence-electron chi connectivity index (χ1n) is 15.1. The van der Waals surface area contributed by atoms with Crippen LogP contribution in [-0.4, -0.2) is 66.8 Å². The maximum Gasteiger partial charge on any atom is 0.303 e. The Labute approximate surface area is 255 Å². The Hall–Kier alpha value is -4.22. The number of hydrogen-bond acceptors (Lipinski definition) is 6. The topological polar surface area (TPSA) is 188 Å². The number of carbonyl (C=O) groups excluding carboxylic acids is 1. The largest absolute Gasteiger partial charge is 0.481 e. The molecule has 0 saturated carbocycles. The van der Waals surface area contributed by atoms with E-state index >= 15 is 0 Å². The molecule has 4 rings (SSSR count). The minimum absolute atomic E-state index is 0.0770. The molecule has 0 aromatic carbocycles. The van der Waals surface area contributed by atoms with Gasteiger partial charge in [-0.15, -0.1) is 0 Å². The lowest BCUT2D eigenvalue weighted by Gasteiger charge is -2.17. The molecular formula is C33H42N4O7. The number of aliphatic hydroxyl groups is 2. The number of aliphatic imine (C=N–C) groups is 1. The van der Waals surface area contributed by atoms with Crippen LogP contribution in [0.25, 0.3) is 18.2 Å². The molecule has 0 aliphatic carbocycles. The lowest BCUT2D eigenvalue weighted by Crippen LogP contribution is -2.26. The molecule has 2 aliphatic rings. The molecule has 7 N–H and O–H groups in total. The van der Waals surface area contributed by atoms with Crippen LogP contribution in [0.2, 0.25) is 0 Å². The number of H-pyrrole nitrogens is 2. The summed E-state index contributed by atoms with van der Waals surface area (Å²) in [6.45, 7) is 9.42. The van der Waals surface area contributed by atoms with Gasteiger partial charge in [-0.2, -0.15) is 0 Å². The summed E-state index contributed by atoms with van der Waals surface area (Å²) in [5.74, 6) is -2.49. The van der Waals surface area contributed by atoms with E-state index in [0.29, 0.717) is 35.3 Å². The highest BCUT2D eigenvalue weighted by molar-refractivity contribution is 6.12. The second-order valence-corrected chi connectivity index (χ2v) is 11.5. The maximum atomic E-state index is 12.4. The Morgan fingerprint density at radius 1 is 0.886 bits per heavy atom. The van der Waals surface area contributed by atoms with Crippen molar-refractivity contribution in [3.8, 4) is 0 Å². The number of nitrogens with one attached hydrogen (secondary N) is 3. The fourth-order valence-electron chi connectivity index (χ4n) is 6.28. The summed E-state index contributed by atoms with van der Waals surface area (Å²) in [6, 6.07) is 0. The highest BCUT2D eigenvalue weighted by Crippen LogP contribution is 2.30. The van der Waals surface area contributed by atoms with Gasteiger partial charge in [0.15, 0.2) is 6.23 Å². The standard InChI is InChI=1S/C33H42N4O7/c1-6-19-16(3)26(36-32(19)43)12-24-17(4)21(8-10-30(39)40)28(34-24)14-29-22(9-11-31(41)42)18(5)25(35-29)13-27-20(7-2)23(15-38)33(44)37-27/h12-14,20,23,33-35,38,44H,6-11,15H2,1-5H3,(H,36,43)(H,39,40)(H,41,42)/b25-13+,26-12-,29-14+/t20-,23-,33?/m1/s1. The maximum absolute atomic E-state index is 12.4. The molecule has 236 valence electrons. The lowest BCUT2D eigenvalue weighted by atomic mass is 9.88. The third-order valence-electron chi connectivity index (χ3n) is 8.89. The highest BCUT2D eigenvalue weighted by Gasteiger charge is 2.35. The number of aliphatic carboxylic acids is 2. The second kappa shape index (κ2) is 13.6. The van der Waals surface area contributed by atoms with E-state index < -0.39 is 18.2 Å². The van der Waals surface area contributed by atoms with E-state index in [1.54, 1.807) is 0 Å². The molecule has 0 spiro atoms. The SMILES string of the molecule is CCC1=C(C)/C(=C/c2[nH]c(/C=c3/[nH]/c(=C/C4=NC(O)[C@H](CO)[C@H]4CC)c(C)c3CCC(=O)O)c(CCC(=O)O)c2C)NC1=O. The van der Waals surface area contributed by atoms with E-state index in [-0.39, 0.29) is 50.0 Å². The van der Waals surface area contributed by atoms with Crippen molar-refractivity contribution in [1.82, 2.24) is 15.3 Å². The molecule has 44 heavy (non-hydrogen) atoms. The Bertz CT molecular complexity index is 1690. The normalized spacial score (nSPS) is 22.0. The van der Waals surface area contributed by atoms with Gasteiger partial charge in [-0.05, 0) is 92.5 Å². The quantitative estimate of drug-likeness (QED) is 0.193. The first-order valence-corrected chi connectivity index (χ1v) is 15.1. The molecule has 3 atom stereocenters. The van der Waals surface area contributed by atoms with E-state index in [4.69, 9.17) is 0 Å². The van der Waals surface area contributed by atoms with Crippen LogP contribution in [-0.2, 0) is 27.2 Å². The average Bonchev–Trinajstić information content (AvgIpc) is 3.62. The van der Waals surface area contributed by atoms with Gasteiger partial charge in [-0.1, -0.05) is 13.8 Å². The van der Waals surface area contributed by atoms with Crippen LogP contribution in [0.4, 0.5) is 0 Å². The molecule has 11 heteroatoms. The fourth-order valence-corrected chi connectivity index (χ4v) is 6.28. The van der Waals surface area contributed by atoms with Crippen LogP contribution in [0.15, 0.2) is 21.8 Å². The number of carboxylic acids is 2. The third-order valence-corrected chi connectivity index (χ3v) is 8.89. The number of hydrogen-bond donors (Lipinski definition) is 7. The Morgan fingerprint density at radius 3 is 2.11 bits per heavy atom. The van der Waals surface area contributed by atoms with Gasteiger partial charge < -0.3 is 35.7 Å². The third kappa shape index (κ3) is 6.63. The van der Waals surface area contributed by atoms with Crippen LogP contribution in [0.5, 0.6) is 0 Å². The van der Waals surface area contributed by atoms with Crippen LogP contribution in [0.1, 0.15) is 80.1 Å². The van der Waals surface area contributed by atoms with Gasteiger partial charge in [0.05, 0.1) is 6.61 Å². The zero-order valence-corrected chi connectivity index (χ0v) is 25.9. The molecule has 0 saturated heterocycles. The van der Waals surface area contributed by atoms with Gasteiger partial charge in [0, 0.05) is 63.7 Å². The molecule has 0 bridgehead atoms. The van der Waals surface area contributed by atoms with E-state index in [1.807, 2.05) is 52.8 Å². The van der Waals surface area contributed by atoms with Crippen molar-refractivity contribution < 1.29 is 34.8 Å². The average molecular weight is 607 g/mol. The van der Waals surface area contributed by atoms with E-state index in [2.05, 4.69) is 20.3 Å². The molecule has 0 radical (unpaired) electrons. The number of carbonyl (C=O) groups is 3. The first-order chi connectivity index (χ1) is 20.9. The molecule has 11 nitrogen and oxygen atoms in total. The van der Waals surface area contributed by atoms with Crippen molar-refractivity contribution in [2.75, 3.05) is 6.61 Å². The lowest BCUT2D eigenvalue weighted by molar-refractivity contribution is -0.138. The smallest absolute Gasteiger partial charge is 0.303 e. The van der Waals surface area contributed by atoms with Crippen LogP contribution >= 0.6 is 0 Å². The number of aromatic amines is 2. The number of amides is 1. The van der Waals surface area contributed by atoms with E-state index in [0.717, 1.165) is 44.4 Å². The summed E-state index contributed by atoms with van der Waals surface area (Å²) in [4.78, 5) is 46.7. The van der Waals surface area contributed by atoms with Crippen LogP contribution < -0.4 is 16.0 Å². The predicted octanol–water partition coefficient (Wildman–Crippen LogP) is 2.21. The van der Waals surface area contributed by atoms with Crippen molar-refractivity contribution in [3.63, 3.8) is 0 Å². The molecule has 1 amide bonds. The van der Waals surface area contributed by atoms with Crippen LogP contribution in [0, 0.1) is 25.7 Å². The summed E-state index contributed by atoms with van der Waals surface area (Å²) in [7, 11) is 0. The van der Waals surface area contributed by atoms with Gasteiger partial charge in [0.2, 0.25) is 0 Å². The fraction of sp³-hybridized carbons (Fsp3) is 0.455. The minimum Gasteiger partial charge on any atom is -0.481 e. The highest BCUT2D eigenvalue weighted by atomic mass is 16.4. The molecule has 1 unspecified atom stereocenters. The summed E-state index contributed by atoms with van der Waals surface area (Å²) in [5, 5.41) is 43.4. The summed E-state index contributed by atoms with van der Waals surface area (Å²) in [6.07, 6.45) is 6.27. The zero-order valence-electron chi connectivity index (χ0n) is 25.9. The van der Waals surface area contributed by atoms with Gasteiger partial charge >= 0.3 is 11.9 Å². The van der Waals surface area contributed by atoms with Crippen molar-refractivity contribution in [2.24, 2.45) is 16.8 Å². The van der Waals surface area contributed by atoms with Crippen molar-refractivity contribution in [1.29, 1.82) is 0 Å². The van der Waals surface area contributed by atoms with Gasteiger partial charge in [0.25, 0.3) is 5.91 Å². The molecule has 2 aromatic rings. The second-order valence-electron chi connectivity index (χ2n) is 11.5. The zero-order chi connectivity index (χ0) is 32.3. The number of allylic oxidation sites excluding steroid dienone is 1. The molecule has 2 aliphatic heterocycles. The number of carboxylic acid groups (broad SMARTS) is 2. The number of nitrogens with zero attached hydrogens (tertiary/aromatic N) is 1. The van der Waals surface area contributed by atoms with Crippen molar-refractivity contribution >= 4 is 41.8 Å². The summed E-state index contributed by atoms with van der Waals surface area (Å²) >= 11 is 0. The molecule has 0 fully saturated rings. The van der Waals surface area contributed by atoms with Gasteiger partial charge in [0.1, 0.15) is 0 Å². The first kappa shape index (κ1) is 32.7. The Kier molecular flexibility index (Phi) is 10.1. The Morgan fingerprint density at radius 2 is 1.55 bits per heavy atom. The minimum atomic E-state index is -0.994. The molecule has 4 heterocycles. The van der Waals surface area contributed by atoms with Gasteiger partial charge in [-0.25, -0.2) is 0 Å².